The van der Waals surface area contributed by atoms with Crippen LogP contribution < -0.4 is 0 Å². The van der Waals surface area contributed by atoms with Crippen molar-refractivity contribution in [2.24, 2.45) is 5.92 Å². The fourth-order valence-electron chi connectivity index (χ4n) is 2.83. The zero-order chi connectivity index (χ0) is 11.3. The van der Waals surface area contributed by atoms with Crippen molar-refractivity contribution < 1.29 is 4.79 Å². The SMILES string of the molecule is CCCCCC1CC(=O)N(CC)C1CC. The molecule has 0 aromatic carbocycles. The molecular formula is C13H25NO. The third-order valence-electron chi connectivity index (χ3n) is 3.64. The van der Waals surface area contributed by atoms with Crippen molar-refractivity contribution in [2.75, 3.05) is 6.54 Å². The van der Waals surface area contributed by atoms with Crippen LogP contribution in [0.4, 0.5) is 0 Å². The second-order valence-electron chi connectivity index (χ2n) is 4.62. The van der Waals surface area contributed by atoms with Gasteiger partial charge in [-0.25, -0.2) is 0 Å². The van der Waals surface area contributed by atoms with E-state index in [4.69, 9.17) is 0 Å². The summed E-state index contributed by atoms with van der Waals surface area (Å²) in [5.74, 6) is 1.01. The maximum absolute atomic E-state index is 11.7. The van der Waals surface area contributed by atoms with Gasteiger partial charge in [0.1, 0.15) is 0 Å². The van der Waals surface area contributed by atoms with Crippen LogP contribution in [0, 0.1) is 5.92 Å². The molecule has 0 bridgehead atoms. The van der Waals surface area contributed by atoms with Crippen molar-refractivity contribution in [2.45, 2.75) is 65.3 Å². The largest absolute Gasteiger partial charge is 0.340 e. The van der Waals surface area contributed by atoms with Gasteiger partial charge in [-0.1, -0.05) is 33.1 Å². The second-order valence-corrected chi connectivity index (χ2v) is 4.62. The third kappa shape index (κ3) is 2.96. The van der Waals surface area contributed by atoms with Crippen LogP contribution in [-0.4, -0.2) is 23.4 Å². The average Bonchev–Trinajstić information content (AvgIpc) is 2.54. The van der Waals surface area contributed by atoms with Gasteiger partial charge in [0.2, 0.25) is 5.91 Å². The van der Waals surface area contributed by atoms with Gasteiger partial charge in [0, 0.05) is 19.0 Å². The fraction of sp³-hybridized carbons (Fsp3) is 0.923. The molecule has 1 rings (SSSR count). The van der Waals surface area contributed by atoms with Crippen LogP contribution >= 0.6 is 0 Å². The third-order valence-corrected chi connectivity index (χ3v) is 3.64. The molecule has 1 saturated heterocycles. The van der Waals surface area contributed by atoms with Gasteiger partial charge in [0.05, 0.1) is 0 Å². The van der Waals surface area contributed by atoms with E-state index in [0.717, 1.165) is 19.4 Å². The van der Waals surface area contributed by atoms with Crippen LogP contribution in [0.25, 0.3) is 0 Å². The fourth-order valence-corrected chi connectivity index (χ4v) is 2.83. The Kier molecular flexibility index (Phi) is 5.13. The van der Waals surface area contributed by atoms with Gasteiger partial charge in [-0.05, 0) is 25.7 Å². The lowest BCUT2D eigenvalue weighted by Crippen LogP contribution is -2.34. The number of amides is 1. The molecule has 0 saturated carbocycles. The summed E-state index contributed by atoms with van der Waals surface area (Å²) in [7, 11) is 0. The zero-order valence-corrected chi connectivity index (χ0v) is 10.5. The first-order valence-electron chi connectivity index (χ1n) is 6.54. The van der Waals surface area contributed by atoms with Crippen molar-refractivity contribution in [1.82, 2.24) is 4.90 Å². The Morgan fingerprint density at radius 2 is 2.00 bits per heavy atom. The molecule has 0 aromatic rings. The Labute approximate surface area is 94.0 Å². The van der Waals surface area contributed by atoms with Crippen LogP contribution in [0.5, 0.6) is 0 Å². The summed E-state index contributed by atoms with van der Waals surface area (Å²) in [6.07, 6.45) is 7.05. The molecule has 1 fully saturated rings. The summed E-state index contributed by atoms with van der Waals surface area (Å²) < 4.78 is 0. The highest BCUT2D eigenvalue weighted by Crippen LogP contribution is 2.31. The summed E-state index contributed by atoms with van der Waals surface area (Å²) in [6.45, 7) is 7.42. The minimum Gasteiger partial charge on any atom is -0.340 e. The van der Waals surface area contributed by atoms with E-state index in [-0.39, 0.29) is 0 Å². The van der Waals surface area contributed by atoms with E-state index in [1.54, 1.807) is 0 Å². The Morgan fingerprint density at radius 3 is 2.53 bits per heavy atom. The van der Waals surface area contributed by atoms with Crippen LogP contribution in [0.3, 0.4) is 0 Å². The molecule has 1 aliphatic heterocycles. The van der Waals surface area contributed by atoms with E-state index in [1.165, 1.54) is 25.7 Å². The molecule has 1 amide bonds. The molecule has 0 radical (unpaired) electrons. The number of nitrogens with zero attached hydrogens (tertiary/aromatic N) is 1. The van der Waals surface area contributed by atoms with Crippen LogP contribution in [0.1, 0.15) is 59.3 Å². The van der Waals surface area contributed by atoms with Crippen LogP contribution in [0.2, 0.25) is 0 Å². The number of hydrogen-bond acceptors (Lipinski definition) is 1. The van der Waals surface area contributed by atoms with Crippen molar-refractivity contribution in [3.8, 4) is 0 Å². The minimum absolute atomic E-state index is 0.380. The van der Waals surface area contributed by atoms with E-state index >= 15 is 0 Å². The van der Waals surface area contributed by atoms with E-state index < -0.39 is 0 Å². The second kappa shape index (κ2) is 6.14. The quantitative estimate of drug-likeness (QED) is 0.618. The number of unbranched alkanes of at least 4 members (excludes halogenated alkanes) is 2. The van der Waals surface area contributed by atoms with Gasteiger partial charge in [0.25, 0.3) is 0 Å². The normalized spacial score (nSPS) is 26.3. The molecule has 1 heterocycles. The first kappa shape index (κ1) is 12.5. The standard InChI is InChI=1S/C13H25NO/c1-4-7-8-9-11-10-13(15)14(6-3)12(11)5-2/h11-12H,4-10H2,1-3H3. The number of hydrogen-bond donors (Lipinski definition) is 0. The predicted octanol–water partition coefficient (Wildman–Crippen LogP) is 3.21. The number of likely N-dealkylation sites (tertiary alicyclic amines) is 1. The first-order chi connectivity index (χ1) is 7.24. The van der Waals surface area contributed by atoms with Crippen LogP contribution in [-0.2, 0) is 4.79 Å². The molecular weight excluding hydrogens is 186 g/mol. The van der Waals surface area contributed by atoms with Gasteiger partial charge in [-0.15, -0.1) is 0 Å². The van der Waals surface area contributed by atoms with Gasteiger partial charge in [0.15, 0.2) is 0 Å². The van der Waals surface area contributed by atoms with Gasteiger partial charge in [-0.3, -0.25) is 4.79 Å². The number of carbonyl (C=O) groups excluding carboxylic acids is 1. The molecule has 0 aliphatic carbocycles. The lowest BCUT2D eigenvalue weighted by atomic mass is 9.92. The molecule has 0 N–H and O–H groups in total. The number of rotatable bonds is 6. The highest BCUT2D eigenvalue weighted by molar-refractivity contribution is 5.79. The van der Waals surface area contributed by atoms with Crippen molar-refractivity contribution >= 4 is 5.91 Å². The molecule has 2 atom stereocenters. The zero-order valence-electron chi connectivity index (χ0n) is 10.5. The number of carbonyl (C=O) groups is 1. The minimum atomic E-state index is 0.380. The Balaban J connectivity index is 2.47. The monoisotopic (exact) mass is 211 g/mol. The van der Waals surface area contributed by atoms with Gasteiger partial charge in [-0.2, -0.15) is 0 Å². The molecule has 2 heteroatoms. The Morgan fingerprint density at radius 1 is 1.27 bits per heavy atom. The predicted molar refractivity (Wildman–Crippen MR) is 63.7 cm³/mol. The molecule has 15 heavy (non-hydrogen) atoms. The maximum Gasteiger partial charge on any atom is 0.223 e. The first-order valence-corrected chi connectivity index (χ1v) is 6.54. The lowest BCUT2D eigenvalue weighted by molar-refractivity contribution is -0.128. The summed E-state index contributed by atoms with van der Waals surface area (Å²) in [4.78, 5) is 13.8. The van der Waals surface area contributed by atoms with E-state index in [0.29, 0.717) is 17.9 Å². The highest BCUT2D eigenvalue weighted by atomic mass is 16.2. The van der Waals surface area contributed by atoms with Crippen LogP contribution in [0.15, 0.2) is 0 Å². The van der Waals surface area contributed by atoms with Crippen molar-refractivity contribution in [3.05, 3.63) is 0 Å². The van der Waals surface area contributed by atoms with Gasteiger partial charge < -0.3 is 4.90 Å². The topological polar surface area (TPSA) is 20.3 Å². The molecule has 0 spiro atoms. The smallest absolute Gasteiger partial charge is 0.223 e. The molecule has 88 valence electrons. The Hall–Kier alpha value is -0.530. The molecule has 0 aromatic heterocycles. The van der Waals surface area contributed by atoms with E-state index in [1.807, 2.05) is 0 Å². The van der Waals surface area contributed by atoms with Crippen molar-refractivity contribution in [1.29, 1.82) is 0 Å². The maximum atomic E-state index is 11.7. The summed E-state index contributed by atoms with van der Waals surface area (Å²) in [5.41, 5.74) is 0. The average molecular weight is 211 g/mol. The van der Waals surface area contributed by atoms with E-state index in [9.17, 15) is 4.79 Å². The highest BCUT2D eigenvalue weighted by Gasteiger charge is 2.36. The molecule has 1 aliphatic rings. The summed E-state index contributed by atoms with van der Waals surface area (Å²) in [6, 6.07) is 0.527. The Bertz CT molecular complexity index is 203. The lowest BCUT2D eigenvalue weighted by Gasteiger charge is -2.26. The summed E-state index contributed by atoms with van der Waals surface area (Å²) in [5, 5.41) is 0. The van der Waals surface area contributed by atoms with Crippen molar-refractivity contribution in [3.63, 3.8) is 0 Å². The molecule has 2 unspecified atom stereocenters. The molecule has 2 nitrogen and oxygen atoms in total. The van der Waals surface area contributed by atoms with Gasteiger partial charge >= 0.3 is 0 Å². The summed E-state index contributed by atoms with van der Waals surface area (Å²) >= 11 is 0. The van der Waals surface area contributed by atoms with E-state index in [2.05, 4.69) is 25.7 Å².